The Morgan fingerprint density at radius 1 is 0.696 bits per heavy atom. The fraction of sp³-hybridized carbons (Fsp3) is 0.333. The highest BCUT2D eigenvalue weighted by Gasteiger charge is 2.17. The number of hydrogen-bond acceptors (Lipinski definition) is 4. The van der Waals surface area contributed by atoms with Crippen molar-refractivity contribution in [3.8, 4) is 0 Å². The number of sulfone groups is 1. The minimum atomic E-state index is -3.43. The number of hydrogen-bond donors (Lipinski definition) is 0. The molecule has 0 saturated carbocycles. The van der Waals surface area contributed by atoms with Crippen molar-refractivity contribution in [2.45, 2.75) is 46.3 Å². The summed E-state index contributed by atoms with van der Waals surface area (Å²) in [5.41, 5.74) is 0. The maximum Gasteiger partial charge on any atom is 0.206 e. The molecule has 0 radical (unpaired) electrons. The van der Waals surface area contributed by atoms with Gasteiger partial charge in [0.05, 0.1) is 9.79 Å². The van der Waals surface area contributed by atoms with Crippen molar-refractivity contribution in [3.63, 3.8) is 0 Å². The molecule has 0 aliphatic carbocycles. The molecule has 0 fully saturated rings. The molecule has 0 aliphatic heterocycles. The zero-order chi connectivity index (χ0) is 16.7. The van der Waals surface area contributed by atoms with Crippen molar-refractivity contribution in [2.75, 3.05) is 11.5 Å². The van der Waals surface area contributed by atoms with Gasteiger partial charge in [-0.15, -0.1) is 23.5 Å². The molecule has 0 atom stereocenters. The quantitative estimate of drug-likeness (QED) is 0.576. The average molecular weight is 367 g/mol. The first-order valence-electron chi connectivity index (χ1n) is 7.78. The van der Waals surface area contributed by atoms with Crippen LogP contribution in [0.25, 0.3) is 0 Å². The SMILES string of the molecule is CCCSc1ccc(S(=O)(=O)c2ccc(SCCC)cc2)cc1. The molecule has 0 aromatic heterocycles. The molecule has 5 heteroatoms. The lowest BCUT2D eigenvalue weighted by Crippen LogP contribution is -2.01. The molecule has 2 aromatic rings. The van der Waals surface area contributed by atoms with E-state index in [1.165, 1.54) is 0 Å². The van der Waals surface area contributed by atoms with Crippen molar-refractivity contribution < 1.29 is 8.42 Å². The lowest BCUT2D eigenvalue weighted by Gasteiger charge is -2.07. The van der Waals surface area contributed by atoms with Gasteiger partial charge in [0.15, 0.2) is 0 Å². The molecule has 0 saturated heterocycles. The summed E-state index contributed by atoms with van der Waals surface area (Å²) in [7, 11) is -3.43. The fourth-order valence-electron chi connectivity index (χ4n) is 2.01. The van der Waals surface area contributed by atoms with Crippen LogP contribution in [0.3, 0.4) is 0 Å². The minimum Gasteiger partial charge on any atom is -0.219 e. The normalized spacial score (nSPS) is 11.6. The van der Waals surface area contributed by atoms with Gasteiger partial charge >= 0.3 is 0 Å². The highest BCUT2D eigenvalue weighted by molar-refractivity contribution is 7.99. The molecule has 0 N–H and O–H groups in total. The summed E-state index contributed by atoms with van der Waals surface area (Å²) < 4.78 is 25.3. The smallest absolute Gasteiger partial charge is 0.206 e. The maximum atomic E-state index is 12.7. The van der Waals surface area contributed by atoms with Crippen LogP contribution in [0.4, 0.5) is 0 Å². The maximum absolute atomic E-state index is 12.7. The van der Waals surface area contributed by atoms with Crippen LogP contribution >= 0.6 is 23.5 Å². The molecule has 0 aliphatic rings. The van der Waals surface area contributed by atoms with Gasteiger partial charge in [0, 0.05) is 9.79 Å². The van der Waals surface area contributed by atoms with Crippen LogP contribution in [-0.4, -0.2) is 19.9 Å². The Balaban J connectivity index is 2.17. The van der Waals surface area contributed by atoms with Gasteiger partial charge in [-0.3, -0.25) is 0 Å². The summed E-state index contributed by atoms with van der Waals surface area (Å²) in [6.07, 6.45) is 2.21. The molecule has 23 heavy (non-hydrogen) atoms. The van der Waals surface area contributed by atoms with E-state index in [-0.39, 0.29) is 0 Å². The van der Waals surface area contributed by atoms with E-state index >= 15 is 0 Å². The average Bonchev–Trinajstić information content (AvgIpc) is 2.59. The second-order valence-electron chi connectivity index (χ2n) is 5.14. The third-order valence-corrected chi connectivity index (χ3v) is 7.44. The molecule has 0 heterocycles. The van der Waals surface area contributed by atoms with E-state index in [0.717, 1.165) is 34.1 Å². The fourth-order valence-corrected chi connectivity index (χ4v) is 4.80. The van der Waals surface area contributed by atoms with Gasteiger partial charge in [0.25, 0.3) is 0 Å². The van der Waals surface area contributed by atoms with Gasteiger partial charge in [-0.1, -0.05) is 13.8 Å². The van der Waals surface area contributed by atoms with E-state index in [1.54, 1.807) is 47.8 Å². The molecule has 0 spiro atoms. The van der Waals surface area contributed by atoms with Gasteiger partial charge < -0.3 is 0 Å². The third-order valence-electron chi connectivity index (χ3n) is 3.21. The summed E-state index contributed by atoms with van der Waals surface area (Å²) in [4.78, 5) is 2.92. The molecule has 2 nitrogen and oxygen atoms in total. The number of rotatable bonds is 8. The predicted octanol–water partition coefficient (Wildman–Crippen LogP) is 5.52. The zero-order valence-corrected chi connectivity index (χ0v) is 15.9. The van der Waals surface area contributed by atoms with Crippen LogP contribution in [-0.2, 0) is 9.84 Å². The first-order chi connectivity index (χ1) is 11.1. The summed E-state index contributed by atoms with van der Waals surface area (Å²) in [5, 5.41) is 0. The summed E-state index contributed by atoms with van der Waals surface area (Å²) in [5.74, 6) is 2.09. The van der Waals surface area contributed by atoms with E-state index in [9.17, 15) is 8.42 Å². The molecule has 0 bridgehead atoms. The van der Waals surface area contributed by atoms with E-state index in [4.69, 9.17) is 0 Å². The molecular formula is C18H22O2S3. The zero-order valence-electron chi connectivity index (χ0n) is 13.5. The monoisotopic (exact) mass is 366 g/mol. The van der Waals surface area contributed by atoms with Crippen LogP contribution in [0.15, 0.2) is 68.1 Å². The van der Waals surface area contributed by atoms with E-state index < -0.39 is 9.84 Å². The Hall–Kier alpha value is -0.910. The number of thioether (sulfide) groups is 2. The van der Waals surface area contributed by atoms with Crippen molar-refractivity contribution >= 4 is 33.4 Å². The molecule has 124 valence electrons. The Kier molecular flexibility index (Phi) is 7.06. The Bertz CT molecular complexity index is 647. The lowest BCUT2D eigenvalue weighted by molar-refractivity contribution is 0.596. The molecular weight excluding hydrogens is 344 g/mol. The van der Waals surface area contributed by atoms with Gasteiger partial charge in [0.1, 0.15) is 0 Å². The molecule has 2 aromatic carbocycles. The van der Waals surface area contributed by atoms with Crippen LogP contribution in [0.1, 0.15) is 26.7 Å². The van der Waals surface area contributed by atoms with Gasteiger partial charge in [-0.25, -0.2) is 8.42 Å². The largest absolute Gasteiger partial charge is 0.219 e. The highest BCUT2D eigenvalue weighted by atomic mass is 32.2. The topological polar surface area (TPSA) is 34.1 Å². The van der Waals surface area contributed by atoms with Gasteiger partial charge in [0.2, 0.25) is 9.84 Å². The molecule has 2 rings (SSSR count). The first kappa shape index (κ1) is 18.4. The first-order valence-corrected chi connectivity index (χ1v) is 11.2. The van der Waals surface area contributed by atoms with E-state index in [2.05, 4.69) is 13.8 Å². The highest BCUT2D eigenvalue weighted by Crippen LogP contribution is 2.27. The van der Waals surface area contributed by atoms with Crippen LogP contribution < -0.4 is 0 Å². The van der Waals surface area contributed by atoms with Gasteiger partial charge in [-0.05, 0) is 72.9 Å². The molecule has 0 amide bonds. The lowest BCUT2D eigenvalue weighted by atomic mass is 10.4. The standard InChI is InChI=1S/C18H22O2S3/c1-3-13-21-15-5-9-17(10-6-15)23(19,20)18-11-7-16(8-12-18)22-14-4-2/h5-12H,3-4,13-14H2,1-2H3. The summed E-state index contributed by atoms with van der Waals surface area (Å²) in [6, 6.07) is 14.4. The van der Waals surface area contributed by atoms with Crippen LogP contribution in [0, 0.1) is 0 Å². The number of benzene rings is 2. The van der Waals surface area contributed by atoms with Crippen LogP contribution in [0.2, 0.25) is 0 Å². The van der Waals surface area contributed by atoms with E-state index in [0.29, 0.717) is 9.79 Å². The summed E-state index contributed by atoms with van der Waals surface area (Å²) in [6.45, 7) is 4.27. The van der Waals surface area contributed by atoms with Gasteiger partial charge in [-0.2, -0.15) is 0 Å². The van der Waals surface area contributed by atoms with Crippen molar-refractivity contribution in [3.05, 3.63) is 48.5 Å². The van der Waals surface area contributed by atoms with Crippen molar-refractivity contribution in [1.29, 1.82) is 0 Å². The Morgan fingerprint density at radius 3 is 1.35 bits per heavy atom. The third kappa shape index (κ3) is 5.03. The van der Waals surface area contributed by atoms with Crippen LogP contribution in [0.5, 0.6) is 0 Å². The van der Waals surface area contributed by atoms with Crippen molar-refractivity contribution in [2.24, 2.45) is 0 Å². The predicted molar refractivity (Wildman–Crippen MR) is 100 cm³/mol. The van der Waals surface area contributed by atoms with Crippen molar-refractivity contribution in [1.82, 2.24) is 0 Å². The summed E-state index contributed by atoms with van der Waals surface area (Å²) >= 11 is 3.50. The Morgan fingerprint density at radius 2 is 1.04 bits per heavy atom. The Labute approximate surface area is 148 Å². The molecule has 0 unspecified atom stereocenters. The van der Waals surface area contributed by atoms with E-state index in [1.807, 2.05) is 24.3 Å². The minimum absolute atomic E-state index is 0.354. The second kappa shape index (κ2) is 8.81. The second-order valence-corrected chi connectivity index (χ2v) is 9.43.